The summed E-state index contributed by atoms with van der Waals surface area (Å²) in [5, 5.41) is 3.34. The normalized spacial score (nSPS) is 22.7. The molecule has 1 aromatic carbocycles. The highest BCUT2D eigenvalue weighted by Crippen LogP contribution is 2.29. The van der Waals surface area contributed by atoms with Crippen LogP contribution < -0.4 is 5.32 Å². The van der Waals surface area contributed by atoms with Gasteiger partial charge in [0.15, 0.2) is 0 Å². The fourth-order valence-electron chi connectivity index (χ4n) is 3.67. The average molecular weight is 290 g/mol. The molecule has 1 aliphatic heterocycles. The Bertz CT molecular complexity index is 504. The van der Waals surface area contributed by atoms with Gasteiger partial charge in [-0.2, -0.15) is 0 Å². The molecule has 1 N–H and O–H groups in total. The molecule has 1 atom stereocenters. The third-order valence-corrected chi connectivity index (χ3v) is 4.88. The minimum Gasteiger partial charge on any atom is -0.331 e. The monoisotopic (exact) mass is 290 g/mol. The number of nitrogens with zero attached hydrogens (tertiary/aromatic N) is 1. The number of hydrogen-bond acceptors (Lipinski definition) is 2. The van der Waals surface area contributed by atoms with Crippen molar-refractivity contribution in [2.45, 2.75) is 51.1 Å². The third-order valence-electron chi connectivity index (χ3n) is 4.88. The van der Waals surface area contributed by atoms with Crippen LogP contribution in [0.4, 0.5) is 4.39 Å². The lowest BCUT2D eigenvalue weighted by atomic mass is 10.0. The van der Waals surface area contributed by atoms with Gasteiger partial charge in [0, 0.05) is 24.2 Å². The summed E-state index contributed by atoms with van der Waals surface area (Å²) in [6.45, 7) is 3.52. The molecule has 4 heteroatoms. The number of halogens is 1. The number of nitrogens with one attached hydrogen (secondary N) is 1. The molecule has 114 valence electrons. The number of carbonyl (C=O) groups excluding carboxylic acids is 1. The molecule has 1 aliphatic carbocycles. The molecular formula is C17H23FN2O. The van der Waals surface area contributed by atoms with Crippen LogP contribution in [-0.2, 0) is 0 Å². The van der Waals surface area contributed by atoms with E-state index >= 15 is 0 Å². The highest BCUT2D eigenvalue weighted by molar-refractivity contribution is 5.96. The Morgan fingerprint density at radius 1 is 1.24 bits per heavy atom. The van der Waals surface area contributed by atoms with Crippen LogP contribution >= 0.6 is 0 Å². The van der Waals surface area contributed by atoms with Crippen LogP contribution in [0.1, 0.15) is 48.0 Å². The number of carbonyl (C=O) groups is 1. The van der Waals surface area contributed by atoms with Crippen molar-refractivity contribution in [3.63, 3.8) is 0 Å². The van der Waals surface area contributed by atoms with Crippen LogP contribution in [-0.4, -0.2) is 36.0 Å². The van der Waals surface area contributed by atoms with Gasteiger partial charge in [-0.25, -0.2) is 4.39 Å². The van der Waals surface area contributed by atoms with Crippen molar-refractivity contribution in [1.82, 2.24) is 10.2 Å². The van der Waals surface area contributed by atoms with E-state index in [0.29, 0.717) is 17.2 Å². The first-order valence-corrected chi connectivity index (χ1v) is 7.97. The first-order valence-electron chi connectivity index (χ1n) is 7.97. The third kappa shape index (κ3) is 2.82. The molecule has 0 spiro atoms. The van der Waals surface area contributed by atoms with Crippen LogP contribution in [0.15, 0.2) is 18.2 Å². The smallest absolute Gasteiger partial charge is 0.254 e. The van der Waals surface area contributed by atoms with Crippen LogP contribution in [0.25, 0.3) is 0 Å². The Kier molecular flexibility index (Phi) is 4.24. The second-order valence-electron chi connectivity index (χ2n) is 6.21. The predicted molar refractivity (Wildman–Crippen MR) is 80.8 cm³/mol. The van der Waals surface area contributed by atoms with Crippen molar-refractivity contribution in [1.29, 1.82) is 0 Å². The molecule has 1 amide bonds. The second-order valence-corrected chi connectivity index (χ2v) is 6.21. The lowest BCUT2D eigenvalue weighted by Gasteiger charge is -2.34. The number of hydrogen-bond donors (Lipinski definition) is 1. The first-order chi connectivity index (χ1) is 10.2. The Morgan fingerprint density at radius 2 is 2.00 bits per heavy atom. The van der Waals surface area contributed by atoms with Crippen molar-refractivity contribution in [3.8, 4) is 0 Å². The van der Waals surface area contributed by atoms with Gasteiger partial charge in [-0.05, 0) is 50.4 Å². The lowest BCUT2D eigenvalue weighted by molar-refractivity contribution is 0.0593. The summed E-state index contributed by atoms with van der Waals surface area (Å²) in [7, 11) is 0. The van der Waals surface area contributed by atoms with Crippen molar-refractivity contribution in [2.24, 2.45) is 0 Å². The van der Waals surface area contributed by atoms with Gasteiger partial charge in [0.25, 0.3) is 5.91 Å². The second kappa shape index (κ2) is 6.14. The van der Waals surface area contributed by atoms with Crippen molar-refractivity contribution >= 4 is 5.91 Å². The molecule has 1 saturated heterocycles. The Labute approximate surface area is 125 Å². The summed E-state index contributed by atoms with van der Waals surface area (Å²) in [5.41, 5.74) is 0.991. The van der Waals surface area contributed by atoms with Crippen LogP contribution in [0.3, 0.4) is 0 Å². The molecular weight excluding hydrogens is 267 g/mol. The van der Waals surface area contributed by atoms with Crippen molar-refractivity contribution in [3.05, 3.63) is 35.1 Å². The van der Waals surface area contributed by atoms with E-state index in [4.69, 9.17) is 0 Å². The molecule has 0 bridgehead atoms. The van der Waals surface area contributed by atoms with Gasteiger partial charge in [-0.1, -0.05) is 18.9 Å². The van der Waals surface area contributed by atoms with Gasteiger partial charge in [0.05, 0.1) is 0 Å². The lowest BCUT2D eigenvalue weighted by Crippen LogP contribution is -2.47. The Hall–Kier alpha value is -1.42. The van der Waals surface area contributed by atoms with Gasteiger partial charge in [-0.15, -0.1) is 0 Å². The molecule has 1 saturated carbocycles. The van der Waals surface area contributed by atoms with E-state index in [2.05, 4.69) is 10.2 Å². The molecule has 3 rings (SSSR count). The average Bonchev–Trinajstić information content (AvgIpc) is 3.16. The zero-order chi connectivity index (χ0) is 14.8. The molecule has 1 aromatic rings. The van der Waals surface area contributed by atoms with Gasteiger partial charge >= 0.3 is 0 Å². The van der Waals surface area contributed by atoms with E-state index in [-0.39, 0.29) is 17.8 Å². The molecule has 3 nitrogen and oxygen atoms in total. The summed E-state index contributed by atoms with van der Waals surface area (Å²) in [5.74, 6) is -0.288. The summed E-state index contributed by atoms with van der Waals surface area (Å²) in [4.78, 5) is 15.1. The summed E-state index contributed by atoms with van der Waals surface area (Å²) in [6, 6.07) is 5.39. The molecule has 0 radical (unpaired) electrons. The molecule has 2 fully saturated rings. The van der Waals surface area contributed by atoms with Gasteiger partial charge < -0.3 is 10.2 Å². The fraction of sp³-hybridized carbons (Fsp3) is 0.588. The Morgan fingerprint density at radius 3 is 2.67 bits per heavy atom. The largest absolute Gasteiger partial charge is 0.331 e. The maximum Gasteiger partial charge on any atom is 0.254 e. The van der Waals surface area contributed by atoms with E-state index in [9.17, 15) is 9.18 Å². The molecule has 1 unspecified atom stereocenters. The van der Waals surface area contributed by atoms with Crippen LogP contribution in [0.2, 0.25) is 0 Å². The molecule has 2 aliphatic rings. The van der Waals surface area contributed by atoms with E-state index in [1.165, 1.54) is 18.9 Å². The zero-order valence-corrected chi connectivity index (χ0v) is 12.6. The van der Waals surface area contributed by atoms with Gasteiger partial charge in [0.1, 0.15) is 5.82 Å². The molecule has 0 aromatic heterocycles. The topological polar surface area (TPSA) is 32.3 Å². The van der Waals surface area contributed by atoms with Crippen molar-refractivity contribution in [2.75, 3.05) is 13.1 Å². The fourth-order valence-corrected chi connectivity index (χ4v) is 3.67. The summed E-state index contributed by atoms with van der Waals surface area (Å²) in [6.07, 6.45) is 5.54. The Balaban J connectivity index is 1.91. The van der Waals surface area contributed by atoms with E-state index in [1.807, 2.05) is 0 Å². The van der Waals surface area contributed by atoms with Gasteiger partial charge in [-0.3, -0.25) is 4.79 Å². The zero-order valence-electron chi connectivity index (χ0n) is 12.6. The van der Waals surface area contributed by atoms with Gasteiger partial charge in [0.2, 0.25) is 0 Å². The van der Waals surface area contributed by atoms with Crippen LogP contribution in [0, 0.1) is 12.7 Å². The van der Waals surface area contributed by atoms with E-state index < -0.39 is 0 Å². The van der Waals surface area contributed by atoms with E-state index in [0.717, 1.165) is 32.4 Å². The number of amides is 1. The SMILES string of the molecule is Cc1c(F)cccc1C(=O)N(C1CCCC1)C1CCNC1. The number of rotatable bonds is 3. The summed E-state index contributed by atoms with van der Waals surface area (Å²) < 4.78 is 13.8. The molecule has 1 heterocycles. The minimum atomic E-state index is -0.295. The van der Waals surface area contributed by atoms with Crippen molar-refractivity contribution < 1.29 is 9.18 Å². The maximum absolute atomic E-state index is 13.8. The minimum absolute atomic E-state index is 0.00704. The quantitative estimate of drug-likeness (QED) is 0.928. The number of benzene rings is 1. The first kappa shape index (κ1) is 14.5. The summed E-state index contributed by atoms with van der Waals surface area (Å²) >= 11 is 0. The van der Waals surface area contributed by atoms with Crippen LogP contribution in [0.5, 0.6) is 0 Å². The highest BCUT2D eigenvalue weighted by Gasteiger charge is 2.35. The maximum atomic E-state index is 13.8. The predicted octanol–water partition coefficient (Wildman–Crippen LogP) is 2.88. The standard InChI is InChI=1S/C17H23FN2O/c1-12-15(7-4-8-16(12)18)17(21)20(13-5-2-3-6-13)14-9-10-19-11-14/h4,7-8,13-14,19H,2-3,5-6,9-11H2,1H3. The molecule has 21 heavy (non-hydrogen) atoms. The highest BCUT2D eigenvalue weighted by atomic mass is 19.1. The van der Waals surface area contributed by atoms with E-state index in [1.54, 1.807) is 19.1 Å².